The smallest absolute Gasteiger partial charge is 0.210 e. The lowest BCUT2D eigenvalue weighted by molar-refractivity contribution is -0.344. The fourth-order valence-electron chi connectivity index (χ4n) is 7.30. The summed E-state index contributed by atoms with van der Waals surface area (Å²) in [6.45, 7) is 11.3. The summed E-state index contributed by atoms with van der Waals surface area (Å²) in [7, 11) is 0. The number of unbranched alkanes of at least 4 members (excludes halogenated alkanes) is 16. The fourth-order valence-corrected chi connectivity index (χ4v) is 7.30. The molecule has 0 radical (unpaired) electrons. The van der Waals surface area contributed by atoms with Gasteiger partial charge in [0.05, 0.1) is 0 Å². The van der Waals surface area contributed by atoms with Crippen molar-refractivity contribution in [3.63, 3.8) is 0 Å². The molecule has 1 heterocycles. The van der Waals surface area contributed by atoms with E-state index in [9.17, 15) is 5.53 Å². The summed E-state index contributed by atoms with van der Waals surface area (Å²) in [6.07, 6.45) is 32.8. The normalized spacial score (nSPS) is 13.2. The molecule has 1 aliphatic rings. The summed E-state index contributed by atoms with van der Waals surface area (Å²) < 4.78 is 1.52. The maximum absolute atomic E-state index is 11.9. The number of rotatable bonds is 26. The first kappa shape index (κ1) is 39.0. The molecule has 47 heavy (non-hydrogen) atoms. The third kappa shape index (κ3) is 13.9. The molecule has 260 valence electrons. The minimum Gasteiger partial charge on any atom is -0.493 e. The van der Waals surface area contributed by atoms with E-state index in [0.29, 0.717) is 0 Å². The lowest BCUT2D eigenvalue weighted by Gasteiger charge is -2.14. The van der Waals surface area contributed by atoms with Crippen molar-refractivity contribution in [3.05, 3.63) is 87.0 Å². The van der Waals surface area contributed by atoms with Gasteiger partial charge in [-0.3, -0.25) is 0 Å². The zero-order valence-electron chi connectivity index (χ0n) is 31.4. The van der Waals surface area contributed by atoms with Crippen LogP contribution in [0.5, 0.6) is 0 Å². The van der Waals surface area contributed by atoms with Crippen LogP contribution in [0, 0.1) is 0 Å². The lowest BCUT2D eigenvalue weighted by atomic mass is 9.95. The second-order valence-corrected chi connectivity index (χ2v) is 14.6. The Hall–Kier alpha value is -2.48. The first-order valence-corrected chi connectivity index (χ1v) is 20.2. The standard InChI is InChI=1S/C45H70N2/c1-6-10-14-18-20-24-28-38-31-39(29-25-21-19-15-11-7-2)34-42(33-38)44-30-37(5)45(47(44)46)43-35-40(26-22-16-12-8-3)32-41(36-43)27-23-17-13-9-4/h30-36H,6-29H2,1-5H3. The molecule has 2 aromatic carbocycles. The Morgan fingerprint density at radius 3 is 1.13 bits per heavy atom. The first-order chi connectivity index (χ1) is 23.0. The Morgan fingerprint density at radius 1 is 0.426 bits per heavy atom. The van der Waals surface area contributed by atoms with Gasteiger partial charge in [-0.25, -0.2) is 4.70 Å². The Bertz CT molecular complexity index is 1200. The molecular formula is C45H70N2. The van der Waals surface area contributed by atoms with Crippen LogP contribution in [-0.2, 0) is 25.7 Å². The number of nitrogens with zero attached hydrogens (tertiary/aromatic N) is 2. The lowest BCUT2D eigenvalue weighted by Crippen LogP contribution is -2.05. The third-order valence-electron chi connectivity index (χ3n) is 10.1. The van der Waals surface area contributed by atoms with Crippen molar-refractivity contribution in [1.82, 2.24) is 0 Å². The van der Waals surface area contributed by atoms with Crippen molar-refractivity contribution in [2.75, 3.05) is 0 Å². The second kappa shape index (κ2) is 23.0. The zero-order chi connectivity index (χ0) is 33.7. The largest absolute Gasteiger partial charge is 0.493 e. The molecule has 0 aromatic heterocycles. The van der Waals surface area contributed by atoms with Gasteiger partial charge in [0.15, 0.2) is 0 Å². The molecule has 0 N–H and O–H groups in total. The van der Waals surface area contributed by atoms with Crippen molar-refractivity contribution in [1.29, 1.82) is 0 Å². The van der Waals surface area contributed by atoms with Gasteiger partial charge in [-0.2, -0.15) is 0 Å². The average Bonchev–Trinajstić information content (AvgIpc) is 3.37. The van der Waals surface area contributed by atoms with Crippen LogP contribution in [0.2, 0.25) is 0 Å². The van der Waals surface area contributed by atoms with Gasteiger partial charge in [0.2, 0.25) is 11.4 Å². The van der Waals surface area contributed by atoms with Crippen molar-refractivity contribution in [2.45, 2.75) is 189 Å². The maximum atomic E-state index is 11.9. The minimum atomic E-state index is 0.935. The number of benzene rings is 2. The SMILES string of the molecule is CCCCCCCCc1cc(CCCCCCCC)cc(C2=CC(C)=C(c3cc(CCCCCC)cc(CCCCCC)c3)[N+]2=[N-])c1. The quantitative estimate of drug-likeness (QED) is 0.0723. The van der Waals surface area contributed by atoms with Gasteiger partial charge in [0, 0.05) is 22.8 Å². The van der Waals surface area contributed by atoms with Gasteiger partial charge in [-0.05, 0) is 105 Å². The molecule has 0 unspecified atom stereocenters. The van der Waals surface area contributed by atoms with E-state index in [-0.39, 0.29) is 0 Å². The topological polar surface area (TPSA) is 25.3 Å². The highest BCUT2D eigenvalue weighted by Crippen LogP contribution is 2.37. The molecule has 0 atom stereocenters. The van der Waals surface area contributed by atoms with Gasteiger partial charge >= 0.3 is 0 Å². The summed E-state index contributed by atoms with van der Waals surface area (Å²) in [5.74, 6) is 0. The van der Waals surface area contributed by atoms with E-state index in [0.717, 1.165) is 42.7 Å². The van der Waals surface area contributed by atoms with Crippen LogP contribution in [0.3, 0.4) is 0 Å². The first-order valence-electron chi connectivity index (χ1n) is 20.2. The molecule has 0 spiro atoms. The summed E-state index contributed by atoms with van der Waals surface area (Å²) in [6, 6.07) is 14.4. The molecule has 0 bridgehead atoms. The Balaban J connectivity index is 1.82. The van der Waals surface area contributed by atoms with E-state index < -0.39 is 0 Å². The number of hydrogen-bond donors (Lipinski definition) is 0. The van der Waals surface area contributed by atoms with Crippen LogP contribution >= 0.6 is 0 Å². The van der Waals surface area contributed by atoms with E-state index in [2.05, 4.69) is 77.1 Å². The highest BCUT2D eigenvalue weighted by atomic mass is 15.2. The molecule has 2 nitrogen and oxygen atoms in total. The summed E-state index contributed by atoms with van der Waals surface area (Å²) in [5, 5.41) is 0. The van der Waals surface area contributed by atoms with Gasteiger partial charge in [-0.1, -0.05) is 143 Å². The van der Waals surface area contributed by atoms with Gasteiger partial charge < -0.3 is 5.53 Å². The van der Waals surface area contributed by atoms with E-state index in [1.165, 1.54) is 166 Å². The maximum Gasteiger partial charge on any atom is 0.210 e. The van der Waals surface area contributed by atoms with E-state index in [4.69, 9.17) is 0 Å². The number of hydrogen-bond acceptors (Lipinski definition) is 0. The van der Waals surface area contributed by atoms with Crippen molar-refractivity contribution in [2.24, 2.45) is 0 Å². The molecule has 0 saturated heterocycles. The van der Waals surface area contributed by atoms with Crippen LogP contribution in [0.15, 0.2) is 48.0 Å². The van der Waals surface area contributed by atoms with Gasteiger partial charge in [-0.15, -0.1) is 0 Å². The van der Waals surface area contributed by atoms with E-state index in [1.54, 1.807) is 0 Å². The van der Waals surface area contributed by atoms with Gasteiger partial charge in [0.25, 0.3) is 0 Å². The predicted molar refractivity (Wildman–Crippen MR) is 207 cm³/mol. The van der Waals surface area contributed by atoms with Gasteiger partial charge in [0.1, 0.15) is 0 Å². The van der Waals surface area contributed by atoms with Crippen molar-refractivity contribution in [3.8, 4) is 0 Å². The molecule has 2 aromatic rings. The van der Waals surface area contributed by atoms with Crippen LogP contribution in [0.25, 0.3) is 16.9 Å². The van der Waals surface area contributed by atoms with Crippen LogP contribution in [0.4, 0.5) is 0 Å². The average molecular weight is 639 g/mol. The van der Waals surface area contributed by atoms with E-state index in [1.807, 2.05) is 0 Å². The number of aryl methyl sites for hydroxylation is 4. The summed E-state index contributed by atoms with van der Waals surface area (Å²) in [4.78, 5) is 0. The molecular weight excluding hydrogens is 569 g/mol. The summed E-state index contributed by atoms with van der Waals surface area (Å²) >= 11 is 0. The second-order valence-electron chi connectivity index (χ2n) is 14.6. The van der Waals surface area contributed by atoms with Crippen molar-refractivity contribution < 1.29 is 4.70 Å². The molecule has 1 aliphatic heterocycles. The molecule has 2 heteroatoms. The van der Waals surface area contributed by atoms with E-state index >= 15 is 0 Å². The zero-order valence-corrected chi connectivity index (χ0v) is 31.4. The predicted octanol–water partition coefficient (Wildman–Crippen LogP) is 14.6. The molecule has 0 aliphatic carbocycles. The van der Waals surface area contributed by atoms with Crippen LogP contribution in [-0.4, -0.2) is 4.70 Å². The van der Waals surface area contributed by atoms with Crippen LogP contribution < -0.4 is 0 Å². The molecule has 0 fully saturated rings. The third-order valence-corrected chi connectivity index (χ3v) is 10.1. The summed E-state index contributed by atoms with van der Waals surface area (Å²) in [5.41, 5.74) is 23.0. The minimum absolute atomic E-state index is 0.935. The Kier molecular flexibility index (Phi) is 19.0. The Labute approximate surface area is 291 Å². The molecule has 3 rings (SSSR count). The fraction of sp³-hybridized carbons (Fsp3) is 0.644. The highest BCUT2D eigenvalue weighted by molar-refractivity contribution is 5.78. The Morgan fingerprint density at radius 2 is 0.745 bits per heavy atom. The number of allylic oxidation sites excluding steroid dienone is 2. The highest BCUT2D eigenvalue weighted by Gasteiger charge is 2.28. The molecule has 0 amide bonds. The van der Waals surface area contributed by atoms with Crippen LogP contribution in [0.1, 0.15) is 196 Å². The van der Waals surface area contributed by atoms with Crippen molar-refractivity contribution >= 4 is 11.4 Å². The monoisotopic (exact) mass is 639 g/mol. The molecule has 0 saturated carbocycles.